The third kappa shape index (κ3) is 3.04. The average Bonchev–Trinajstić information content (AvgIpc) is 3.31. The normalized spacial score (nSPS) is 10.8. The van der Waals surface area contributed by atoms with Crippen LogP contribution in [-0.2, 0) is 0 Å². The van der Waals surface area contributed by atoms with Gasteiger partial charge in [-0.05, 0) is 43.3 Å². The van der Waals surface area contributed by atoms with Crippen LogP contribution in [0.15, 0.2) is 60.1 Å². The summed E-state index contributed by atoms with van der Waals surface area (Å²) < 4.78 is 7.05. The molecule has 5 nitrogen and oxygen atoms in total. The van der Waals surface area contributed by atoms with Crippen LogP contribution < -0.4 is 4.74 Å². The van der Waals surface area contributed by atoms with Gasteiger partial charge in [-0.15, -0.1) is 16.4 Å². The van der Waals surface area contributed by atoms with Crippen LogP contribution in [0.1, 0.15) is 5.01 Å². The van der Waals surface area contributed by atoms with Crippen molar-refractivity contribution in [1.82, 2.24) is 20.0 Å². The number of aromatic nitrogens is 4. The molecule has 0 unspecified atom stereocenters. The minimum absolute atomic E-state index is 0.825. The summed E-state index contributed by atoms with van der Waals surface area (Å²) in [6.07, 6.45) is 1.76. The van der Waals surface area contributed by atoms with E-state index in [0.29, 0.717) is 0 Å². The van der Waals surface area contributed by atoms with E-state index in [2.05, 4.69) is 32.8 Å². The Morgan fingerprint density at radius 3 is 2.32 bits per heavy atom. The summed E-state index contributed by atoms with van der Waals surface area (Å²) in [5, 5.41) is 11.4. The van der Waals surface area contributed by atoms with Gasteiger partial charge < -0.3 is 4.74 Å². The predicted molar refractivity (Wildman–Crippen MR) is 99.2 cm³/mol. The number of ether oxygens (including phenoxy) is 1. The van der Waals surface area contributed by atoms with E-state index < -0.39 is 0 Å². The molecule has 124 valence electrons. The molecule has 6 heteroatoms. The van der Waals surface area contributed by atoms with Crippen LogP contribution in [-0.4, -0.2) is 27.1 Å². The molecule has 25 heavy (non-hydrogen) atoms. The summed E-state index contributed by atoms with van der Waals surface area (Å²) in [6, 6.07) is 16.0. The summed E-state index contributed by atoms with van der Waals surface area (Å²) in [5.74, 6) is 0.825. The van der Waals surface area contributed by atoms with Crippen LogP contribution in [0, 0.1) is 6.92 Å². The smallest absolute Gasteiger partial charge is 0.118 e. The molecule has 0 amide bonds. The molecule has 0 N–H and O–H groups in total. The van der Waals surface area contributed by atoms with Crippen LogP contribution >= 0.6 is 11.3 Å². The van der Waals surface area contributed by atoms with Crippen molar-refractivity contribution in [3.05, 3.63) is 65.1 Å². The fourth-order valence-electron chi connectivity index (χ4n) is 2.65. The highest BCUT2D eigenvalue weighted by atomic mass is 32.1. The quantitative estimate of drug-likeness (QED) is 0.549. The zero-order chi connectivity index (χ0) is 17.2. The van der Waals surface area contributed by atoms with E-state index in [1.165, 1.54) is 0 Å². The van der Waals surface area contributed by atoms with Crippen LogP contribution in [0.5, 0.6) is 5.75 Å². The Morgan fingerprint density at radius 1 is 0.960 bits per heavy atom. The first-order valence-corrected chi connectivity index (χ1v) is 8.70. The molecule has 0 aliphatic carbocycles. The second-order valence-corrected chi connectivity index (χ2v) is 6.62. The topological polar surface area (TPSA) is 52.8 Å². The molecule has 0 atom stereocenters. The Balaban J connectivity index is 1.67. The van der Waals surface area contributed by atoms with Gasteiger partial charge in [-0.3, -0.25) is 0 Å². The predicted octanol–water partition coefficient (Wildman–Crippen LogP) is 4.37. The molecule has 0 fully saturated rings. The number of hydrogen-bond donors (Lipinski definition) is 0. The van der Waals surface area contributed by atoms with E-state index in [0.717, 1.165) is 39.0 Å². The van der Waals surface area contributed by atoms with Crippen LogP contribution in [0.4, 0.5) is 0 Å². The zero-order valence-electron chi connectivity index (χ0n) is 13.9. The monoisotopic (exact) mass is 348 g/mol. The Bertz CT molecular complexity index is 987. The molecule has 0 aliphatic heterocycles. The highest BCUT2D eigenvalue weighted by Gasteiger charge is 2.10. The van der Waals surface area contributed by atoms with Gasteiger partial charge in [0.05, 0.1) is 35.4 Å². The Kier molecular flexibility index (Phi) is 4.03. The second-order valence-electron chi connectivity index (χ2n) is 5.56. The first-order chi connectivity index (χ1) is 12.2. The third-order valence-corrected chi connectivity index (χ3v) is 4.74. The molecule has 2 aromatic carbocycles. The minimum Gasteiger partial charge on any atom is -0.497 e. The number of aryl methyl sites for hydroxylation is 1. The second kappa shape index (κ2) is 6.49. The van der Waals surface area contributed by atoms with Gasteiger partial charge in [0, 0.05) is 16.5 Å². The molecule has 4 rings (SSSR count). The Labute approximate surface area is 149 Å². The van der Waals surface area contributed by atoms with Crippen molar-refractivity contribution in [2.24, 2.45) is 0 Å². The van der Waals surface area contributed by atoms with Crippen LogP contribution in [0.2, 0.25) is 0 Å². The number of rotatable bonds is 4. The van der Waals surface area contributed by atoms with E-state index >= 15 is 0 Å². The van der Waals surface area contributed by atoms with Gasteiger partial charge in [-0.1, -0.05) is 17.3 Å². The SMILES string of the molecule is COc1ccc(-c2cnnn2-c2ccc(-c3csc(C)n3)cc2)cc1. The number of methoxy groups -OCH3 is 1. The number of hydrogen-bond acceptors (Lipinski definition) is 5. The summed E-state index contributed by atoms with van der Waals surface area (Å²) in [7, 11) is 1.66. The molecule has 0 radical (unpaired) electrons. The van der Waals surface area contributed by atoms with Gasteiger partial charge in [0.25, 0.3) is 0 Å². The lowest BCUT2D eigenvalue weighted by Crippen LogP contribution is -1.99. The fraction of sp³-hybridized carbons (Fsp3) is 0.105. The van der Waals surface area contributed by atoms with E-state index in [1.54, 1.807) is 24.6 Å². The van der Waals surface area contributed by atoms with Crippen LogP contribution in [0.3, 0.4) is 0 Å². The van der Waals surface area contributed by atoms with Gasteiger partial charge in [-0.2, -0.15) is 0 Å². The summed E-state index contributed by atoms with van der Waals surface area (Å²) in [5.41, 5.74) is 5.02. The first kappa shape index (κ1) is 15.5. The largest absolute Gasteiger partial charge is 0.497 e. The molecule has 0 bridgehead atoms. The van der Waals surface area contributed by atoms with Crippen LogP contribution in [0.25, 0.3) is 28.2 Å². The standard InChI is InChI=1S/C19H16N4OS/c1-13-21-18(12-25-13)14-3-7-16(8-4-14)23-19(11-20-22-23)15-5-9-17(24-2)10-6-15/h3-12H,1-2H3. The first-order valence-electron chi connectivity index (χ1n) is 7.82. The van der Waals surface area contributed by atoms with Crippen molar-refractivity contribution >= 4 is 11.3 Å². The highest BCUT2D eigenvalue weighted by Crippen LogP contribution is 2.26. The summed E-state index contributed by atoms with van der Waals surface area (Å²) >= 11 is 1.65. The number of benzene rings is 2. The Hall–Kier alpha value is -2.99. The van der Waals surface area contributed by atoms with Crippen molar-refractivity contribution in [3.63, 3.8) is 0 Å². The maximum absolute atomic E-state index is 5.22. The maximum Gasteiger partial charge on any atom is 0.118 e. The molecule has 2 aromatic heterocycles. The third-order valence-electron chi connectivity index (χ3n) is 3.96. The molecule has 0 saturated heterocycles. The highest BCUT2D eigenvalue weighted by molar-refractivity contribution is 7.09. The van der Waals surface area contributed by atoms with Crippen molar-refractivity contribution in [2.75, 3.05) is 7.11 Å². The van der Waals surface area contributed by atoms with E-state index in [9.17, 15) is 0 Å². The van der Waals surface area contributed by atoms with Crippen molar-refractivity contribution in [3.8, 4) is 34.0 Å². The molecule has 0 saturated carbocycles. The molecule has 2 heterocycles. The molecule has 0 aliphatic rings. The average molecular weight is 348 g/mol. The van der Waals surface area contributed by atoms with Gasteiger partial charge in [0.15, 0.2) is 0 Å². The van der Waals surface area contributed by atoms with E-state index in [1.807, 2.05) is 48.0 Å². The van der Waals surface area contributed by atoms with Gasteiger partial charge in [0.2, 0.25) is 0 Å². The maximum atomic E-state index is 5.22. The van der Waals surface area contributed by atoms with E-state index in [4.69, 9.17) is 4.74 Å². The molecular weight excluding hydrogens is 332 g/mol. The van der Waals surface area contributed by atoms with Gasteiger partial charge >= 0.3 is 0 Å². The lowest BCUT2D eigenvalue weighted by Gasteiger charge is -2.08. The molecule has 0 spiro atoms. The molecule has 4 aromatic rings. The fourth-order valence-corrected chi connectivity index (χ4v) is 3.28. The zero-order valence-corrected chi connectivity index (χ0v) is 14.7. The van der Waals surface area contributed by atoms with Crippen molar-refractivity contribution in [1.29, 1.82) is 0 Å². The van der Waals surface area contributed by atoms with Crippen molar-refractivity contribution in [2.45, 2.75) is 6.92 Å². The number of nitrogens with zero attached hydrogens (tertiary/aromatic N) is 4. The lowest BCUT2D eigenvalue weighted by molar-refractivity contribution is 0.415. The van der Waals surface area contributed by atoms with E-state index in [-0.39, 0.29) is 0 Å². The van der Waals surface area contributed by atoms with Gasteiger partial charge in [0.1, 0.15) is 5.75 Å². The summed E-state index contributed by atoms with van der Waals surface area (Å²) in [6.45, 7) is 2.01. The lowest BCUT2D eigenvalue weighted by atomic mass is 10.1. The minimum atomic E-state index is 0.825. The molecular formula is C19H16N4OS. The number of thiazole rings is 1. The van der Waals surface area contributed by atoms with Crippen molar-refractivity contribution < 1.29 is 4.74 Å². The van der Waals surface area contributed by atoms with Gasteiger partial charge in [-0.25, -0.2) is 9.67 Å². The summed E-state index contributed by atoms with van der Waals surface area (Å²) in [4.78, 5) is 4.53. The Morgan fingerprint density at radius 2 is 1.68 bits per heavy atom.